The number of rotatable bonds is 4. The molecule has 2 aromatic carbocycles. The second kappa shape index (κ2) is 13.2. The van der Waals surface area contributed by atoms with Crippen molar-refractivity contribution in [1.82, 2.24) is 4.90 Å². The molecule has 2 atom stereocenters. The van der Waals surface area contributed by atoms with Crippen molar-refractivity contribution < 1.29 is 9.53 Å². The predicted molar refractivity (Wildman–Crippen MR) is 121 cm³/mol. The van der Waals surface area contributed by atoms with Gasteiger partial charge in [-0.1, -0.05) is 83.9 Å². The largest absolute Gasteiger partial charge is 0.446 e. The Labute approximate surface area is 178 Å². The number of cyclic esters (lactones) is 1. The smallest absolute Gasteiger partial charge is 0.410 e. The second-order valence-electron chi connectivity index (χ2n) is 6.53. The Hall–Kier alpha value is -2.07. The first-order chi connectivity index (χ1) is 13.5. The Balaban J connectivity index is 0.000000411. The monoisotopic (exact) mass is 445 g/mol. The lowest BCUT2D eigenvalue weighted by atomic mass is 10.0. The molecule has 1 amide bonds. The molecule has 3 nitrogen and oxygen atoms in total. The topological polar surface area (TPSA) is 29.5 Å². The first kappa shape index (κ1) is 24.0. The van der Waals surface area contributed by atoms with Gasteiger partial charge in [0.05, 0.1) is 6.04 Å². The van der Waals surface area contributed by atoms with Crippen LogP contribution in [-0.2, 0) is 4.74 Å². The quantitative estimate of drug-likeness (QED) is 0.458. The van der Waals surface area contributed by atoms with Crippen molar-refractivity contribution in [3.05, 3.63) is 82.9 Å². The number of carbonyl (C=O) groups excluding carboxylic acids is 1. The van der Waals surface area contributed by atoms with E-state index in [4.69, 9.17) is 4.74 Å². The maximum Gasteiger partial charge on any atom is 0.410 e. The molecule has 152 valence electrons. The summed E-state index contributed by atoms with van der Waals surface area (Å²) in [6.07, 6.45) is 1.37. The fraction of sp³-hybridized carbons (Fsp3) is 0.375. The van der Waals surface area contributed by atoms with Crippen LogP contribution in [-0.4, -0.2) is 23.6 Å². The van der Waals surface area contributed by atoms with E-state index < -0.39 is 0 Å². The molecular formula is C24H32BrNO2. The lowest BCUT2D eigenvalue weighted by molar-refractivity contribution is 0.0137. The minimum absolute atomic E-state index is 0.0200. The Morgan fingerprint density at radius 3 is 2.07 bits per heavy atom. The zero-order valence-corrected chi connectivity index (χ0v) is 19.0. The number of hydrogen-bond acceptors (Lipinski definition) is 2. The number of hydrogen-bond donors (Lipinski definition) is 0. The van der Waals surface area contributed by atoms with Gasteiger partial charge >= 0.3 is 6.09 Å². The van der Waals surface area contributed by atoms with Crippen LogP contribution in [0, 0.1) is 0 Å². The molecule has 2 aromatic rings. The summed E-state index contributed by atoms with van der Waals surface area (Å²) in [6, 6.07) is 20.1. The van der Waals surface area contributed by atoms with Crippen molar-refractivity contribution in [1.29, 1.82) is 0 Å². The number of benzene rings is 2. The van der Waals surface area contributed by atoms with Gasteiger partial charge in [0.2, 0.25) is 0 Å². The van der Waals surface area contributed by atoms with Gasteiger partial charge in [-0.3, -0.25) is 0 Å². The first-order valence-corrected chi connectivity index (χ1v) is 10.6. The van der Waals surface area contributed by atoms with Gasteiger partial charge in [-0.05, 0) is 31.5 Å². The molecule has 0 aliphatic carbocycles. The normalized spacial score (nSPS) is 16.5. The summed E-state index contributed by atoms with van der Waals surface area (Å²) in [4.78, 5) is 13.9. The highest BCUT2D eigenvalue weighted by Crippen LogP contribution is 2.27. The third kappa shape index (κ3) is 8.30. The zero-order valence-electron chi connectivity index (χ0n) is 17.4. The van der Waals surface area contributed by atoms with Gasteiger partial charge in [0.25, 0.3) is 0 Å². The van der Waals surface area contributed by atoms with Gasteiger partial charge in [-0.15, -0.1) is 6.58 Å². The molecule has 1 saturated heterocycles. The van der Waals surface area contributed by atoms with Crippen LogP contribution in [0.15, 0.2) is 77.3 Å². The SMILES string of the molecule is C=C(C)CC1CCN(C(C)c2ccc(Br)cc2)C(=O)O1.CC.c1ccccc1. The fourth-order valence-electron chi connectivity index (χ4n) is 2.83. The van der Waals surface area contributed by atoms with Crippen LogP contribution in [0.5, 0.6) is 0 Å². The maximum absolute atomic E-state index is 12.1. The molecule has 4 heteroatoms. The van der Waals surface area contributed by atoms with E-state index in [1.165, 1.54) is 0 Å². The third-order valence-corrected chi connectivity index (χ3v) is 4.79. The summed E-state index contributed by atoms with van der Waals surface area (Å²) in [5, 5.41) is 0. The van der Waals surface area contributed by atoms with Gasteiger partial charge in [0, 0.05) is 23.9 Å². The van der Waals surface area contributed by atoms with Gasteiger partial charge in [-0.2, -0.15) is 0 Å². The van der Waals surface area contributed by atoms with Gasteiger partial charge in [0.15, 0.2) is 0 Å². The molecule has 0 radical (unpaired) electrons. The Morgan fingerprint density at radius 2 is 1.64 bits per heavy atom. The molecule has 1 heterocycles. The van der Waals surface area contributed by atoms with Crippen molar-refractivity contribution >= 4 is 22.0 Å². The molecule has 1 aliphatic heterocycles. The van der Waals surface area contributed by atoms with Crippen molar-refractivity contribution in [3.63, 3.8) is 0 Å². The van der Waals surface area contributed by atoms with E-state index in [9.17, 15) is 4.79 Å². The van der Waals surface area contributed by atoms with E-state index in [1.807, 2.05) is 88.4 Å². The van der Waals surface area contributed by atoms with Gasteiger partial charge < -0.3 is 9.64 Å². The van der Waals surface area contributed by atoms with Crippen LogP contribution >= 0.6 is 15.9 Å². The van der Waals surface area contributed by atoms with Crippen LogP contribution in [0.3, 0.4) is 0 Å². The summed E-state index contributed by atoms with van der Waals surface area (Å²) in [6.45, 7) is 12.6. The number of nitrogens with zero attached hydrogens (tertiary/aromatic N) is 1. The average Bonchev–Trinajstić information content (AvgIpc) is 2.71. The molecule has 3 rings (SSSR count). The molecule has 1 aliphatic rings. The highest BCUT2D eigenvalue weighted by Gasteiger charge is 2.30. The molecule has 0 spiro atoms. The highest BCUT2D eigenvalue weighted by atomic mass is 79.9. The predicted octanol–water partition coefficient (Wildman–Crippen LogP) is 7.40. The van der Waals surface area contributed by atoms with E-state index in [-0.39, 0.29) is 18.2 Å². The second-order valence-corrected chi connectivity index (χ2v) is 7.45. The van der Waals surface area contributed by atoms with Crippen molar-refractivity contribution in [3.8, 4) is 0 Å². The third-order valence-electron chi connectivity index (χ3n) is 4.26. The Morgan fingerprint density at radius 1 is 1.14 bits per heavy atom. The van der Waals surface area contributed by atoms with Crippen LogP contribution in [0.25, 0.3) is 0 Å². The van der Waals surface area contributed by atoms with E-state index in [1.54, 1.807) is 4.90 Å². The van der Waals surface area contributed by atoms with Crippen LogP contribution in [0.2, 0.25) is 0 Å². The minimum atomic E-state index is -0.224. The van der Waals surface area contributed by atoms with Gasteiger partial charge in [-0.25, -0.2) is 4.79 Å². The van der Waals surface area contributed by atoms with Crippen LogP contribution in [0.1, 0.15) is 52.1 Å². The molecule has 0 N–H and O–H groups in total. The molecular weight excluding hydrogens is 414 g/mol. The summed E-state index contributed by atoms with van der Waals surface area (Å²) < 4.78 is 6.53. The Kier molecular flexibility index (Phi) is 11.3. The molecule has 0 saturated carbocycles. The van der Waals surface area contributed by atoms with Gasteiger partial charge in [0.1, 0.15) is 6.10 Å². The molecule has 2 unspecified atom stereocenters. The highest BCUT2D eigenvalue weighted by molar-refractivity contribution is 9.10. The number of carbonyl (C=O) groups is 1. The van der Waals surface area contributed by atoms with Crippen molar-refractivity contribution in [2.75, 3.05) is 6.54 Å². The fourth-order valence-corrected chi connectivity index (χ4v) is 3.10. The summed E-state index contributed by atoms with van der Waals surface area (Å²) >= 11 is 3.42. The summed E-state index contributed by atoms with van der Waals surface area (Å²) in [7, 11) is 0. The van der Waals surface area contributed by atoms with E-state index in [2.05, 4.69) is 22.5 Å². The first-order valence-electron chi connectivity index (χ1n) is 9.84. The van der Waals surface area contributed by atoms with E-state index in [0.717, 1.165) is 35.0 Å². The Bertz CT molecular complexity index is 674. The van der Waals surface area contributed by atoms with Crippen molar-refractivity contribution in [2.24, 2.45) is 0 Å². The maximum atomic E-state index is 12.1. The number of halogens is 1. The zero-order chi connectivity index (χ0) is 20.9. The lowest BCUT2D eigenvalue weighted by Gasteiger charge is -2.36. The molecule has 28 heavy (non-hydrogen) atoms. The molecule has 0 aromatic heterocycles. The van der Waals surface area contributed by atoms with E-state index >= 15 is 0 Å². The number of ether oxygens (including phenoxy) is 1. The summed E-state index contributed by atoms with van der Waals surface area (Å²) in [5.74, 6) is 0. The van der Waals surface area contributed by atoms with Crippen LogP contribution < -0.4 is 0 Å². The van der Waals surface area contributed by atoms with E-state index in [0.29, 0.717) is 0 Å². The lowest BCUT2D eigenvalue weighted by Crippen LogP contribution is -2.43. The number of amides is 1. The van der Waals surface area contributed by atoms with Crippen LogP contribution in [0.4, 0.5) is 4.79 Å². The molecule has 1 fully saturated rings. The molecule has 0 bridgehead atoms. The standard InChI is InChI=1S/C16H20BrNO2.C6H6.C2H6/c1-11(2)10-15-8-9-18(16(19)20-15)12(3)13-4-6-14(17)7-5-13;1-2-4-6-5-3-1;1-2/h4-7,12,15H,1,8-10H2,2-3H3;1-6H;1-2H3. The minimum Gasteiger partial charge on any atom is -0.446 e. The van der Waals surface area contributed by atoms with Crippen molar-refractivity contribution in [2.45, 2.75) is 52.7 Å². The average molecular weight is 446 g/mol. The summed E-state index contributed by atoms with van der Waals surface area (Å²) in [5.41, 5.74) is 2.17.